The summed E-state index contributed by atoms with van der Waals surface area (Å²) in [5.41, 5.74) is 3.68. The van der Waals surface area contributed by atoms with Crippen molar-refractivity contribution in [2.45, 2.75) is 132 Å². The van der Waals surface area contributed by atoms with Crippen molar-refractivity contribution in [1.82, 2.24) is 0 Å². The molecule has 1 heterocycles. The number of aldehydes is 1. The highest BCUT2D eigenvalue weighted by atomic mass is 16.5. The standard InChI is InChI=1S/C31H52O3/c1-21(2)11-9-12-22(3)13-10-14-23(4)15-16-27(18-20-32)31(8)19-17-28-26(7)29(33)24(5)25(6)30(28)34-31/h20-23,27,33H,9-19H2,1-8H3/t22-,23-,27?,31+/m1/s1. The lowest BCUT2D eigenvalue weighted by molar-refractivity contribution is -0.111. The van der Waals surface area contributed by atoms with E-state index in [1.807, 2.05) is 20.8 Å². The first-order chi connectivity index (χ1) is 16.0. The van der Waals surface area contributed by atoms with Gasteiger partial charge in [0.05, 0.1) is 0 Å². The van der Waals surface area contributed by atoms with Crippen LogP contribution in [0.1, 0.15) is 121 Å². The predicted octanol–water partition coefficient (Wildman–Crippen LogP) is 8.66. The second-order valence-corrected chi connectivity index (χ2v) is 12.1. The Bertz CT molecular complexity index is 797. The van der Waals surface area contributed by atoms with Gasteiger partial charge in [-0.25, -0.2) is 0 Å². The lowest BCUT2D eigenvalue weighted by Gasteiger charge is -2.43. The third-order valence-corrected chi connectivity index (χ3v) is 8.67. The zero-order valence-corrected chi connectivity index (χ0v) is 23.4. The monoisotopic (exact) mass is 472 g/mol. The third-order valence-electron chi connectivity index (χ3n) is 8.67. The Kier molecular flexibility index (Phi) is 11.0. The largest absolute Gasteiger partial charge is 0.507 e. The van der Waals surface area contributed by atoms with Crippen molar-refractivity contribution >= 4 is 6.29 Å². The molecule has 3 nitrogen and oxygen atoms in total. The van der Waals surface area contributed by atoms with Crippen LogP contribution in [-0.4, -0.2) is 17.0 Å². The lowest BCUT2D eigenvalue weighted by Crippen LogP contribution is -2.44. The molecule has 1 aliphatic heterocycles. The van der Waals surface area contributed by atoms with Gasteiger partial charge in [-0.3, -0.25) is 0 Å². The van der Waals surface area contributed by atoms with Crippen LogP contribution >= 0.6 is 0 Å². The van der Waals surface area contributed by atoms with Crippen molar-refractivity contribution in [3.8, 4) is 11.5 Å². The second-order valence-electron chi connectivity index (χ2n) is 12.1. The van der Waals surface area contributed by atoms with E-state index < -0.39 is 0 Å². The van der Waals surface area contributed by atoms with E-state index in [-0.39, 0.29) is 11.5 Å². The number of hydrogen-bond donors (Lipinski definition) is 1. The van der Waals surface area contributed by atoms with Crippen LogP contribution in [0.5, 0.6) is 11.5 Å². The normalized spacial score (nSPS) is 20.5. The van der Waals surface area contributed by atoms with E-state index in [0.29, 0.717) is 18.1 Å². The van der Waals surface area contributed by atoms with Gasteiger partial charge in [-0.15, -0.1) is 0 Å². The Balaban J connectivity index is 1.92. The van der Waals surface area contributed by atoms with Crippen molar-refractivity contribution in [1.29, 1.82) is 0 Å². The Labute approximate surface area is 210 Å². The smallest absolute Gasteiger partial charge is 0.127 e. The van der Waals surface area contributed by atoms with E-state index in [9.17, 15) is 9.90 Å². The van der Waals surface area contributed by atoms with E-state index in [2.05, 4.69) is 34.6 Å². The minimum absolute atomic E-state index is 0.226. The molecular formula is C31H52O3. The summed E-state index contributed by atoms with van der Waals surface area (Å²) >= 11 is 0. The van der Waals surface area contributed by atoms with Gasteiger partial charge in [0.1, 0.15) is 23.4 Å². The van der Waals surface area contributed by atoms with Crippen LogP contribution < -0.4 is 4.74 Å². The minimum atomic E-state index is -0.334. The van der Waals surface area contributed by atoms with Gasteiger partial charge in [0.25, 0.3) is 0 Å². The summed E-state index contributed by atoms with van der Waals surface area (Å²) in [6, 6.07) is 0. The van der Waals surface area contributed by atoms with Gasteiger partial charge >= 0.3 is 0 Å². The van der Waals surface area contributed by atoms with Crippen LogP contribution in [-0.2, 0) is 11.2 Å². The predicted molar refractivity (Wildman–Crippen MR) is 144 cm³/mol. The molecular weight excluding hydrogens is 420 g/mol. The zero-order valence-electron chi connectivity index (χ0n) is 23.4. The van der Waals surface area contributed by atoms with Crippen molar-refractivity contribution in [3.05, 3.63) is 22.3 Å². The van der Waals surface area contributed by atoms with E-state index in [1.54, 1.807) is 0 Å². The number of carbonyl (C=O) groups excluding carboxylic acids is 1. The fourth-order valence-electron chi connectivity index (χ4n) is 5.81. The molecule has 2 rings (SSSR count). The van der Waals surface area contributed by atoms with Gasteiger partial charge in [0.15, 0.2) is 0 Å². The summed E-state index contributed by atoms with van der Waals surface area (Å²) in [7, 11) is 0. The van der Waals surface area contributed by atoms with E-state index in [4.69, 9.17) is 4.74 Å². The molecule has 1 aliphatic rings. The minimum Gasteiger partial charge on any atom is -0.507 e. The van der Waals surface area contributed by atoms with Gasteiger partial charge in [-0.05, 0) is 81.4 Å². The average Bonchev–Trinajstić information content (AvgIpc) is 2.78. The number of ether oxygens (including phenoxy) is 1. The molecule has 1 aromatic rings. The fourth-order valence-corrected chi connectivity index (χ4v) is 5.81. The fraction of sp³-hybridized carbons (Fsp3) is 0.774. The molecule has 1 unspecified atom stereocenters. The molecule has 1 aromatic carbocycles. The highest BCUT2D eigenvalue weighted by molar-refractivity contribution is 5.58. The Morgan fingerprint density at radius 1 is 0.882 bits per heavy atom. The Hall–Kier alpha value is -1.51. The average molecular weight is 473 g/mol. The molecule has 4 atom stereocenters. The summed E-state index contributed by atoms with van der Waals surface area (Å²) in [4.78, 5) is 11.6. The van der Waals surface area contributed by atoms with Crippen molar-refractivity contribution in [3.63, 3.8) is 0 Å². The first-order valence-electron chi connectivity index (χ1n) is 13.9. The number of phenolic OH excluding ortho intramolecular Hbond substituents is 1. The molecule has 1 N–H and O–H groups in total. The summed E-state index contributed by atoms with van der Waals surface area (Å²) in [6.45, 7) is 17.6. The molecule has 0 saturated heterocycles. The van der Waals surface area contributed by atoms with Crippen LogP contribution in [0.4, 0.5) is 0 Å². The zero-order chi connectivity index (χ0) is 25.5. The molecule has 0 aliphatic carbocycles. The van der Waals surface area contributed by atoms with Gasteiger partial charge < -0.3 is 14.6 Å². The van der Waals surface area contributed by atoms with Crippen molar-refractivity contribution < 1.29 is 14.6 Å². The number of carbonyl (C=O) groups is 1. The summed E-state index contributed by atoms with van der Waals surface area (Å²) in [5, 5.41) is 10.5. The molecule has 34 heavy (non-hydrogen) atoms. The molecule has 0 amide bonds. The number of aromatic hydroxyl groups is 1. The second kappa shape index (κ2) is 13.0. The molecule has 0 fully saturated rings. The third kappa shape index (κ3) is 7.49. The van der Waals surface area contributed by atoms with Crippen LogP contribution in [0, 0.1) is 44.4 Å². The maximum atomic E-state index is 11.6. The van der Waals surface area contributed by atoms with E-state index in [1.165, 1.54) is 38.5 Å². The first-order valence-corrected chi connectivity index (χ1v) is 13.9. The highest BCUT2D eigenvalue weighted by Crippen LogP contribution is 2.46. The number of phenols is 1. The number of hydrogen-bond acceptors (Lipinski definition) is 3. The first kappa shape index (κ1) is 28.7. The molecule has 194 valence electrons. The summed E-state index contributed by atoms with van der Waals surface area (Å²) in [6.07, 6.45) is 13.6. The molecule has 0 aromatic heterocycles. The molecule has 3 heteroatoms. The van der Waals surface area contributed by atoms with Crippen LogP contribution in [0.15, 0.2) is 0 Å². The van der Waals surface area contributed by atoms with Gasteiger partial charge in [-0.1, -0.05) is 72.6 Å². The van der Waals surface area contributed by atoms with Gasteiger partial charge in [0, 0.05) is 17.9 Å². The molecule has 0 spiro atoms. The van der Waals surface area contributed by atoms with E-state index >= 15 is 0 Å². The van der Waals surface area contributed by atoms with Crippen molar-refractivity contribution in [2.24, 2.45) is 23.7 Å². The molecule has 0 saturated carbocycles. The van der Waals surface area contributed by atoms with Gasteiger partial charge in [0.2, 0.25) is 0 Å². The number of benzene rings is 1. The molecule has 0 bridgehead atoms. The van der Waals surface area contributed by atoms with Crippen LogP contribution in [0.3, 0.4) is 0 Å². The number of rotatable bonds is 14. The molecule has 0 radical (unpaired) electrons. The number of fused-ring (bicyclic) bond motifs is 1. The maximum absolute atomic E-state index is 11.6. The van der Waals surface area contributed by atoms with Crippen LogP contribution in [0.25, 0.3) is 0 Å². The Morgan fingerprint density at radius 3 is 2.06 bits per heavy atom. The summed E-state index contributed by atoms with van der Waals surface area (Å²) in [5.74, 6) is 3.90. The lowest BCUT2D eigenvalue weighted by atomic mass is 9.75. The SMILES string of the molecule is Cc1c(C)c2c(c(C)c1O)CC[C@@](C)(C(CC=O)CC[C@H](C)CCC[C@H](C)CCCC(C)C)O2. The van der Waals surface area contributed by atoms with Crippen molar-refractivity contribution in [2.75, 3.05) is 0 Å². The highest BCUT2D eigenvalue weighted by Gasteiger charge is 2.40. The topological polar surface area (TPSA) is 46.5 Å². The quantitative estimate of drug-likeness (QED) is 0.276. The maximum Gasteiger partial charge on any atom is 0.127 e. The summed E-state index contributed by atoms with van der Waals surface area (Å²) < 4.78 is 6.71. The van der Waals surface area contributed by atoms with Crippen LogP contribution in [0.2, 0.25) is 0 Å². The van der Waals surface area contributed by atoms with Gasteiger partial charge in [-0.2, -0.15) is 0 Å². The van der Waals surface area contributed by atoms with E-state index in [0.717, 1.165) is 71.8 Å². The Morgan fingerprint density at radius 2 is 1.47 bits per heavy atom.